The van der Waals surface area contributed by atoms with Crippen LogP contribution in [-0.2, 0) is 0 Å². The topological polar surface area (TPSA) is 0 Å². The van der Waals surface area contributed by atoms with E-state index in [4.69, 9.17) is 0 Å². The Labute approximate surface area is 500 Å². The van der Waals surface area contributed by atoms with E-state index in [-0.39, 0.29) is 7.43 Å². The Morgan fingerprint density at radius 2 is 0.383 bits per heavy atom. The molecule has 0 spiro atoms. The third-order valence-electron chi connectivity index (χ3n) is 14.4. The van der Waals surface area contributed by atoms with Gasteiger partial charge in [-0.05, 0) is 266 Å². The van der Waals surface area contributed by atoms with Crippen LogP contribution in [-0.4, -0.2) is 0 Å². The second-order valence-corrected chi connectivity index (χ2v) is 21.7. The Morgan fingerprint density at radius 3 is 0.667 bits per heavy atom. The van der Waals surface area contributed by atoms with Crippen molar-refractivity contribution in [2.75, 3.05) is 0 Å². The molecule has 0 atom stereocenters. The summed E-state index contributed by atoms with van der Waals surface area (Å²) in [6.45, 7) is 55.4. The van der Waals surface area contributed by atoms with Gasteiger partial charge < -0.3 is 0 Å². The number of benzene rings is 9. The van der Waals surface area contributed by atoms with Crippen LogP contribution in [0.5, 0.6) is 0 Å². The number of rotatable bonds is 0. The summed E-state index contributed by atoms with van der Waals surface area (Å²) >= 11 is 0. The highest BCUT2D eigenvalue weighted by Crippen LogP contribution is 2.17. The van der Waals surface area contributed by atoms with E-state index in [2.05, 4.69) is 294 Å². The summed E-state index contributed by atoms with van der Waals surface area (Å²) in [6.07, 6.45) is 0. The average molecular weight is 1090 g/mol. The molecule has 0 unspecified atom stereocenters. The lowest BCUT2D eigenvalue weighted by Crippen LogP contribution is -1.88. The van der Waals surface area contributed by atoms with Crippen molar-refractivity contribution in [3.63, 3.8) is 0 Å². The van der Waals surface area contributed by atoms with E-state index < -0.39 is 0 Å². The van der Waals surface area contributed by atoms with Gasteiger partial charge in [0, 0.05) is 0 Å². The Balaban J connectivity index is 0. The molecule has 0 aliphatic rings. The van der Waals surface area contributed by atoms with Crippen LogP contribution in [0.15, 0.2) is 182 Å². The molecular formula is C81H112. The molecule has 0 bridgehead atoms. The van der Waals surface area contributed by atoms with Crippen molar-refractivity contribution >= 4 is 0 Å². The minimum absolute atomic E-state index is 0. The van der Waals surface area contributed by atoms with Crippen molar-refractivity contribution in [1.82, 2.24) is 0 Å². The third-order valence-corrected chi connectivity index (χ3v) is 14.4. The SMILES string of the molecule is C.CC.Cc1cc(C)c(C)c(C)c1.Cc1cc(C)c(C)cc1C.Cc1cc(C)cc(C)c1.Cc1ccc(C)c(C)c1.Cc1ccc(C)c(C)c1C.Cc1cccc(C)c1C.Cc1ccccc1.Cc1ccccc1C.c1ccccc1. The summed E-state index contributed by atoms with van der Waals surface area (Å²) in [5.41, 5.74) is 33.2. The maximum atomic E-state index is 2.24. The molecule has 9 aromatic carbocycles. The first-order valence-corrected chi connectivity index (χ1v) is 28.9. The second kappa shape index (κ2) is 41.9. The molecule has 9 rings (SSSR count). The van der Waals surface area contributed by atoms with Crippen LogP contribution in [0.2, 0.25) is 0 Å². The summed E-state index contributed by atoms with van der Waals surface area (Å²) in [5, 5.41) is 0. The summed E-state index contributed by atoms with van der Waals surface area (Å²) < 4.78 is 0. The van der Waals surface area contributed by atoms with Gasteiger partial charge in [-0.1, -0.05) is 237 Å². The zero-order valence-electron chi connectivity index (χ0n) is 55.3. The average Bonchev–Trinajstić information content (AvgIpc) is 3.41. The molecule has 0 saturated heterocycles. The smallest absolute Gasteiger partial charge is 0.0392 e. The highest BCUT2D eigenvalue weighted by molar-refractivity contribution is 5.39. The number of aryl methyl sites for hydroxylation is 20. The highest BCUT2D eigenvalue weighted by atomic mass is 14.0. The molecule has 81 heavy (non-hydrogen) atoms. The van der Waals surface area contributed by atoms with Gasteiger partial charge in [-0.2, -0.15) is 0 Å². The van der Waals surface area contributed by atoms with E-state index in [0.29, 0.717) is 0 Å². The second-order valence-electron chi connectivity index (χ2n) is 21.7. The van der Waals surface area contributed by atoms with Crippen molar-refractivity contribution in [3.05, 3.63) is 316 Å². The van der Waals surface area contributed by atoms with E-state index in [1.807, 2.05) is 68.4 Å². The van der Waals surface area contributed by atoms with E-state index in [1.165, 1.54) is 134 Å². The van der Waals surface area contributed by atoms with Gasteiger partial charge in [-0.25, -0.2) is 0 Å². The fraction of sp³-hybridized carbons (Fsp3) is 0.333. The van der Waals surface area contributed by atoms with Crippen molar-refractivity contribution in [2.24, 2.45) is 0 Å². The Kier molecular flexibility index (Phi) is 39.4. The van der Waals surface area contributed by atoms with Gasteiger partial charge >= 0.3 is 0 Å². The molecule has 436 valence electrons. The molecule has 0 aliphatic heterocycles. The molecule has 0 aromatic heterocycles. The zero-order chi connectivity index (χ0) is 61.1. The van der Waals surface area contributed by atoms with Crippen LogP contribution in [0.1, 0.15) is 155 Å². The molecule has 0 heteroatoms. The lowest BCUT2D eigenvalue weighted by molar-refractivity contribution is 1.22. The molecule has 0 fully saturated rings. The van der Waals surface area contributed by atoms with Crippen LogP contribution < -0.4 is 0 Å². The Bertz CT molecular complexity index is 2910. The van der Waals surface area contributed by atoms with Crippen LogP contribution in [0, 0.1) is 166 Å². The number of hydrogen-bond donors (Lipinski definition) is 0. The van der Waals surface area contributed by atoms with Crippen LogP contribution in [0.4, 0.5) is 0 Å². The molecular weight excluding hydrogens is 973 g/mol. The van der Waals surface area contributed by atoms with E-state index in [0.717, 1.165) is 0 Å². The van der Waals surface area contributed by atoms with Gasteiger partial charge in [0.15, 0.2) is 0 Å². The van der Waals surface area contributed by atoms with Gasteiger partial charge in [0.1, 0.15) is 0 Å². The largest absolute Gasteiger partial charge is 0.0776 e. The fourth-order valence-electron chi connectivity index (χ4n) is 8.02. The fourth-order valence-corrected chi connectivity index (χ4v) is 8.02. The summed E-state index contributed by atoms with van der Waals surface area (Å²) in [7, 11) is 0. The van der Waals surface area contributed by atoms with Crippen molar-refractivity contribution in [2.45, 2.75) is 187 Å². The normalized spacial score (nSPS) is 9.26. The standard InChI is InChI=1S/3C10H14.3C9H12.C8H10.C7H8.C6H6.C2H6.CH4/c1-7-5-9(3)10(4)6-8(7)2;1-7-5-8(2)10(4)9(3)6-7;1-7-5-6-8(2)10(4)9(7)3;1-7-4-8(2)6-9(3)5-7;1-7-4-5-8(2)9(3)6-7;1-7-5-4-6-8(2)9(7)3;1-7-5-3-4-6-8(7)2;1-7-5-3-2-4-6-7;1-2-4-6-5-3-1;1-2;/h3*5-6H,1-4H3;3*4-6H,1-3H3;3-6H,1-2H3;2-6H,1H3;1-6H;1-2H3;1H4. The lowest BCUT2D eigenvalue weighted by atomic mass is 10.0. The van der Waals surface area contributed by atoms with Gasteiger partial charge in [0.05, 0.1) is 0 Å². The Morgan fingerprint density at radius 1 is 0.148 bits per heavy atom. The first-order valence-electron chi connectivity index (χ1n) is 28.9. The minimum atomic E-state index is 0. The maximum absolute atomic E-state index is 2.24. The minimum Gasteiger partial charge on any atom is -0.0776 e. The van der Waals surface area contributed by atoms with Crippen LogP contribution in [0.3, 0.4) is 0 Å². The molecule has 0 aliphatic carbocycles. The quantitative estimate of drug-likeness (QED) is 0.142. The molecule has 9 aromatic rings. The molecule has 0 nitrogen and oxygen atoms in total. The molecule has 0 radical (unpaired) electrons. The predicted molar refractivity (Wildman–Crippen MR) is 370 cm³/mol. The number of hydrogen-bond acceptors (Lipinski definition) is 0. The van der Waals surface area contributed by atoms with E-state index in [1.54, 1.807) is 0 Å². The van der Waals surface area contributed by atoms with Gasteiger partial charge in [-0.3, -0.25) is 0 Å². The summed E-state index contributed by atoms with van der Waals surface area (Å²) in [5.74, 6) is 0. The van der Waals surface area contributed by atoms with Crippen LogP contribution >= 0.6 is 0 Å². The Hall–Kier alpha value is -7.02. The van der Waals surface area contributed by atoms with Crippen LogP contribution in [0.25, 0.3) is 0 Å². The maximum Gasteiger partial charge on any atom is -0.0392 e. The van der Waals surface area contributed by atoms with Crippen molar-refractivity contribution in [3.8, 4) is 0 Å². The molecule has 0 heterocycles. The molecule has 0 amide bonds. The van der Waals surface area contributed by atoms with Gasteiger partial charge in [-0.15, -0.1) is 0 Å². The monoisotopic (exact) mass is 1080 g/mol. The van der Waals surface area contributed by atoms with E-state index in [9.17, 15) is 0 Å². The zero-order valence-corrected chi connectivity index (χ0v) is 55.3. The third kappa shape index (κ3) is 32.7. The predicted octanol–water partition coefficient (Wildman–Crippen LogP) is 24.2. The summed E-state index contributed by atoms with van der Waals surface area (Å²) in [6, 6.07) is 63.3. The highest BCUT2D eigenvalue weighted by Gasteiger charge is 1.99. The van der Waals surface area contributed by atoms with Gasteiger partial charge in [0.25, 0.3) is 0 Å². The first-order chi connectivity index (χ1) is 37.6. The summed E-state index contributed by atoms with van der Waals surface area (Å²) in [4.78, 5) is 0. The van der Waals surface area contributed by atoms with E-state index >= 15 is 0 Å². The first kappa shape index (κ1) is 76.0. The lowest BCUT2D eigenvalue weighted by Gasteiger charge is -2.06. The van der Waals surface area contributed by atoms with Crippen molar-refractivity contribution in [1.29, 1.82) is 0 Å². The van der Waals surface area contributed by atoms with Gasteiger partial charge in [0.2, 0.25) is 0 Å². The molecule has 0 N–H and O–H groups in total. The molecule has 0 saturated carbocycles. The van der Waals surface area contributed by atoms with Crippen molar-refractivity contribution < 1.29 is 0 Å².